The molecule has 0 fully saturated rings. The van der Waals surface area contributed by atoms with Gasteiger partial charge in [0, 0.05) is 43.6 Å². The lowest BCUT2D eigenvalue weighted by molar-refractivity contribution is -0.166. The molecule has 1 aromatic heterocycles. The molecule has 0 unspecified atom stereocenters. The van der Waals surface area contributed by atoms with E-state index in [1.807, 2.05) is 37.4 Å². The Kier molecular flexibility index (Phi) is 7.50. The number of amides is 1. The van der Waals surface area contributed by atoms with Crippen LogP contribution in [0.3, 0.4) is 0 Å². The predicted molar refractivity (Wildman–Crippen MR) is 117 cm³/mol. The molecule has 2 N–H and O–H groups in total. The van der Waals surface area contributed by atoms with Gasteiger partial charge in [-0.1, -0.05) is 24.1 Å². The van der Waals surface area contributed by atoms with E-state index in [1.165, 1.54) is 6.92 Å². The molecule has 0 aliphatic carbocycles. The maximum atomic E-state index is 12.6. The second kappa shape index (κ2) is 10.3. The van der Waals surface area contributed by atoms with E-state index in [-0.39, 0.29) is 36.7 Å². The van der Waals surface area contributed by atoms with Crippen LogP contribution in [0.25, 0.3) is 10.9 Å². The van der Waals surface area contributed by atoms with E-state index < -0.39 is 12.2 Å². The normalized spacial score (nSPS) is 20.6. The van der Waals surface area contributed by atoms with Crippen LogP contribution in [0.4, 0.5) is 0 Å². The van der Waals surface area contributed by atoms with Crippen molar-refractivity contribution >= 4 is 22.7 Å². The standard InChI is InChI=1S/C24H28N2O5/c1-4-12-25-23(29)22-14-19(18(10-8-13-27)24(31-22)30-5-2)20-15-26(16(3)28)21-11-7-6-9-17(20)21/h1,6-7,9,11,14-15,18-19,24,27H,5,8,10,12-13H2,2-3H3,(H,25,29)/t18-,19+,24-/m0/s1. The van der Waals surface area contributed by atoms with Gasteiger partial charge in [0.25, 0.3) is 5.91 Å². The van der Waals surface area contributed by atoms with Crippen LogP contribution in [-0.4, -0.2) is 47.5 Å². The summed E-state index contributed by atoms with van der Waals surface area (Å²) in [7, 11) is 0. The fraction of sp³-hybridized carbons (Fsp3) is 0.417. The highest BCUT2D eigenvalue weighted by molar-refractivity contribution is 5.95. The number of rotatable bonds is 8. The topological polar surface area (TPSA) is 89.8 Å². The number of aliphatic hydroxyl groups excluding tert-OH is 1. The molecule has 0 saturated heterocycles. The Bertz CT molecular complexity index is 1020. The number of carbonyl (C=O) groups excluding carboxylic acids is 2. The van der Waals surface area contributed by atoms with Gasteiger partial charge in [0.15, 0.2) is 5.76 Å². The first-order chi connectivity index (χ1) is 15.0. The zero-order valence-corrected chi connectivity index (χ0v) is 17.8. The monoisotopic (exact) mass is 424 g/mol. The molecule has 1 aromatic carbocycles. The van der Waals surface area contributed by atoms with Crippen LogP contribution in [0.1, 0.15) is 43.0 Å². The van der Waals surface area contributed by atoms with Crippen molar-refractivity contribution in [1.29, 1.82) is 0 Å². The van der Waals surface area contributed by atoms with Crippen molar-refractivity contribution in [2.45, 2.75) is 38.9 Å². The average Bonchev–Trinajstić information content (AvgIpc) is 3.16. The molecule has 2 heterocycles. The number of terminal acetylenes is 1. The summed E-state index contributed by atoms with van der Waals surface area (Å²) < 4.78 is 13.4. The number of aromatic nitrogens is 1. The number of hydrogen-bond acceptors (Lipinski definition) is 5. The summed E-state index contributed by atoms with van der Waals surface area (Å²) >= 11 is 0. The van der Waals surface area contributed by atoms with Crippen molar-refractivity contribution in [2.75, 3.05) is 19.8 Å². The molecule has 1 amide bonds. The van der Waals surface area contributed by atoms with Crippen LogP contribution in [0.5, 0.6) is 0 Å². The number of allylic oxidation sites excluding steroid dienone is 1. The first-order valence-electron chi connectivity index (χ1n) is 10.4. The number of benzene rings is 1. The number of para-hydroxylation sites is 1. The first-order valence-corrected chi connectivity index (χ1v) is 10.4. The van der Waals surface area contributed by atoms with Gasteiger partial charge in [-0.15, -0.1) is 6.42 Å². The molecule has 0 bridgehead atoms. The number of nitrogens with zero attached hydrogens (tertiary/aromatic N) is 1. The van der Waals surface area contributed by atoms with Gasteiger partial charge in [-0.05, 0) is 37.5 Å². The maximum Gasteiger partial charge on any atom is 0.286 e. The third-order valence-electron chi connectivity index (χ3n) is 5.43. The van der Waals surface area contributed by atoms with Crippen LogP contribution >= 0.6 is 0 Å². The minimum Gasteiger partial charge on any atom is -0.459 e. The van der Waals surface area contributed by atoms with Gasteiger partial charge >= 0.3 is 0 Å². The van der Waals surface area contributed by atoms with Gasteiger partial charge in [-0.3, -0.25) is 14.2 Å². The third-order valence-corrected chi connectivity index (χ3v) is 5.43. The zero-order valence-electron chi connectivity index (χ0n) is 17.8. The molecule has 0 saturated carbocycles. The molecule has 2 aromatic rings. The Morgan fingerprint density at radius 3 is 2.81 bits per heavy atom. The van der Waals surface area contributed by atoms with Crippen molar-refractivity contribution in [3.63, 3.8) is 0 Å². The number of nitrogens with one attached hydrogen (secondary N) is 1. The smallest absolute Gasteiger partial charge is 0.286 e. The van der Waals surface area contributed by atoms with Crippen molar-refractivity contribution in [1.82, 2.24) is 9.88 Å². The van der Waals surface area contributed by atoms with E-state index in [0.717, 1.165) is 16.5 Å². The number of carbonyl (C=O) groups is 2. The average molecular weight is 424 g/mol. The largest absolute Gasteiger partial charge is 0.459 e. The van der Waals surface area contributed by atoms with Gasteiger partial charge in [-0.25, -0.2) is 0 Å². The molecular weight excluding hydrogens is 396 g/mol. The molecular formula is C24H28N2O5. The lowest BCUT2D eigenvalue weighted by Crippen LogP contribution is -2.39. The van der Waals surface area contributed by atoms with Crippen molar-refractivity contribution in [2.24, 2.45) is 5.92 Å². The fourth-order valence-electron chi connectivity index (χ4n) is 4.07. The molecule has 0 radical (unpaired) electrons. The second-order valence-electron chi connectivity index (χ2n) is 7.41. The fourth-order valence-corrected chi connectivity index (χ4v) is 4.07. The summed E-state index contributed by atoms with van der Waals surface area (Å²) in [6.07, 6.45) is 9.38. The molecule has 3 atom stereocenters. The third kappa shape index (κ3) is 4.82. The number of aliphatic hydroxyl groups is 1. The van der Waals surface area contributed by atoms with Crippen molar-refractivity contribution in [3.8, 4) is 12.3 Å². The van der Waals surface area contributed by atoms with Gasteiger partial charge in [0.1, 0.15) is 0 Å². The van der Waals surface area contributed by atoms with E-state index in [1.54, 1.807) is 10.6 Å². The number of ether oxygens (including phenoxy) is 2. The predicted octanol–water partition coefficient (Wildman–Crippen LogP) is 2.80. The van der Waals surface area contributed by atoms with E-state index in [0.29, 0.717) is 19.4 Å². The molecule has 0 spiro atoms. The van der Waals surface area contributed by atoms with E-state index in [2.05, 4.69) is 11.2 Å². The van der Waals surface area contributed by atoms with Crippen molar-refractivity contribution < 1.29 is 24.2 Å². The van der Waals surface area contributed by atoms with Gasteiger partial charge in [-0.2, -0.15) is 0 Å². The molecule has 7 nitrogen and oxygen atoms in total. The highest BCUT2D eigenvalue weighted by Gasteiger charge is 2.39. The minimum atomic E-state index is -0.669. The van der Waals surface area contributed by atoms with Gasteiger partial charge in [0.2, 0.25) is 12.2 Å². The summed E-state index contributed by atoms with van der Waals surface area (Å²) in [6, 6.07) is 7.66. The Hall–Kier alpha value is -3.08. The summed E-state index contributed by atoms with van der Waals surface area (Å²) in [4.78, 5) is 24.9. The summed E-state index contributed by atoms with van der Waals surface area (Å²) in [5.41, 5.74) is 1.71. The molecule has 1 aliphatic heterocycles. The van der Waals surface area contributed by atoms with Gasteiger partial charge < -0.3 is 19.9 Å². The van der Waals surface area contributed by atoms with Crippen LogP contribution in [0.15, 0.2) is 42.3 Å². The highest BCUT2D eigenvalue weighted by atomic mass is 16.7. The molecule has 1 aliphatic rings. The summed E-state index contributed by atoms with van der Waals surface area (Å²) in [5.74, 6) is 1.60. The van der Waals surface area contributed by atoms with Crippen LogP contribution in [-0.2, 0) is 14.3 Å². The molecule has 3 rings (SSSR count). The highest BCUT2D eigenvalue weighted by Crippen LogP contribution is 2.42. The Labute approximate surface area is 182 Å². The SMILES string of the molecule is C#CCNC(=O)C1=C[C@@H](c2cn(C(C)=O)c3ccccc23)[C@H](CCCO)[C@@H](OCC)O1. The molecule has 31 heavy (non-hydrogen) atoms. The van der Waals surface area contributed by atoms with E-state index in [9.17, 15) is 14.7 Å². The Balaban J connectivity index is 2.14. The van der Waals surface area contributed by atoms with Gasteiger partial charge in [0.05, 0.1) is 12.1 Å². The number of hydrogen-bond donors (Lipinski definition) is 2. The minimum absolute atomic E-state index is 0.0382. The van der Waals surface area contributed by atoms with E-state index in [4.69, 9.17) is 15.9 Å². The van der Waals surface area contributed by atoms with Crippen LogP contribution < -0.4 is 5.32 Å². The number of fused-ring (bicyclic) bond motifs is 1. The summed E-state index contributed by atoms with van der Waals surface area (Å²) in [6.45, 7) is 3.90. The second-order valence-corrected chi connectivity index (χ2v) is 7.41. The van der Waals surface area contributed by atoms with Crippen LogP contribution in [0, 0.1) is 18.3 Å². The Morgan fingerprint density at radius 2 is 2.13 bits per heavy atom. The lowest BCUT2D eigenvalue weighted by atomic mass is 9.80. The van der Waals surface area contributed by atoms with E-state index >= 15 is 0 Å². The van der Waals surface area contributed by atoms with Crippen LogP contribution in [0.2, 0.25) is 0 Å². The quantitative estimate of drug-likeness (QED) is 0.636. The lowest BCUT2D eigenvalue weighted by Gasteiger charge is -2.36. The zero-order chi connectivity index (χ0) is 22.4. The molecule has 164 valence electrons. The molecule has 7 heteroatoms. The first kappa shape index (κ1) is 22.6. The Morgan fingerprint density at radius 1 is 1.35 bits per heavy atom. The van der Waals surface area contributed by atoms with Crippen molar-refractivity contribution in [3.05, 3.63) is 47.9 Å². The summed E-state index contributed by atoms with van der Waals surface area (Å²) in [5, 5.41) is 13.0. The maximum absolute atomic E-state index is 12.6.